The molecule has 9 aromatic carbocycles. The first-order chi connectivity index (χ1) is 64.3. The number of fused-ring (bicyclic) bond motifs is 4. The Labute approximate surface area is 885 Å². The Morgan fingerprint density at radius 3 is 1.19 bits per heavy atom. The fourth-order valence-electron chi connectivity index (χ4n) is 14.8. The number of ether oxygens (including phenoxy) is 6. The van der Waals surface area contributed by atoms with Crippen molar-refractivity contribution in [1.29, 1.82) is 5.26 Å². The molecular weight excluding hydrogens is 1840 g/mol. The van der Waals surface area contributed by atoms with Crippen LogP contribution < -0.4 is 215 Å². The fraction of sp³-hybridized carbons (Fsp3) is 0.170. The molecule has 0 spiro atoms. The van der Waals surface area contributed by atoms with Crippen LogP contribution in [0.1, 0.15) is 115 Å². The molecule has 664 valence electrons. The summed E-state index contributed by atoms with van der Waals surface area (Å²) in [5.41, 5.74) is 13.2. The molecule has 19 rings (SSSR count). The third-order valence-electron chi connectivity index (χ3n) is 20.7. The normalized spacial score (nSPS) is 11.8. The molecule has 0 aliphatic heterocycles. The van der Waals surface area contributed by atoms with Gasteiger partial charge in [0, 0.05) is 28.3 Å². The van der Waals surface area contributed by atoms with Crippen LogP contribution in [0.25, 0.3) is 101 Å². The van der Waals surface area contributed by atoms with Gasteiger partial charge in [-0.3, -0.25) is 43.1 Å². The van der Waals surface area contributed by atoms with Crippen LogP contribution in [0.15, 0.2) is 242 Å². The van der Waals surface area contributed by atoms with E-state index in [0.717, 1.165) is 50.1 Å². The first kappa shape index (κ1) is 97.5. The zero-order chi connectivity index (χ0) is 91.6. The summed E-state index contributed by atoms with van der Waals surface area (Å²) < 4.78 is 66.9. The third kappa shape index (κ3) is 21.5. The number of aromatic nitrogens is 18. The van der Waals surface area contributed by atoms with Crippen molar-refractivity contribution in [3.05, 3.63) is 325 Å². The number of nitriles is 1. The van der Waals surface area contributed by atoms with Crippen molar-refractivity contribution < 1.29 is 249 Å². The molecule has 9 aromatic heterocycles. The second-order valence-corrected chi connectivity index (χ2v) is 28.6. The number of imidazole rings is 3. The van der Waals surface area contributed by atoms with Gasteiger partial charge in [0.2, 0.25) is 11.4 Å². The Morgan fingerprint density at radius 1 is 0.459 bits per heavy atom. The van der Waals surface area contributed by atoms with Crippen LogP contribution in [0.3, 0.4) is 0 Å². The van der Waals surface area contributed by atoms with E-state index in [-0.39, 0.29) is 222 Å². The number of rotatable bonds is 29. The van der Waals surface area contributed by atoms with Crippen molar-refractivity contribution in [2.75, 3.05) is 19.8 Å². The molecule has 1 aliphatic carbocycles. The standard InChI is InChI=1S/C30H24N6O7.C29H23N7O10.C29H21N7O7.3K/c1-2-40-29-31-22-9-5-8-21(28(37)41-24-15-14-23-25(24)33-43-36(23)39)26(22)35(29)16-17-10-12-18(13-11-17)19-6-3-4-7-20(19)27-32-30(38)42-34-27;1-2-42-28-30-22-9-5-8-21(27(37)43-15-23-24(16-44-36(40)41)35(39)46-32-23)25(22)34(28)14-17-10-12-18(13-11-17)19-6-3-4-7-20(19)26-31-29(38)45-33-26;1-2-40-28-31-22-9-5-8-21(27(37)41-16-23-24(14-30)36(39)43-33-23)25(22)35(28)15-17-10-12-18(13-11-17)19-6-3-4-7-20(19)26-32-29(38)42-34-26;;;/h3-13,24H,2,14-16H2,1H3,(H,32,34,38);3-13H,2,14-16H2,1H3,(H,31,33,38);3-13H,2,15-16H2,1H3,(H,32,34,38);;;/q;;;3*+1/p-3. The van der Waals surface area contributed by atoms with E-state index in [1.807, 2.05) is 171 Å². The molecule has 9 heterocycles. The molecule has 47 heteroatoms. The van der Waals surface area contributed by atoms with Crippen LogP contribution >= 0.6 is 0 Å². The van der Waals surface area contributed by atoms with Crippen LogP contribution in [0, 0.1) is 37.1 Å². The maximum absolute atomic E-state index is 13.5. The molecule has 1 atom stereocenters. The van der Waals surface area contributed by atoms with Gasteiger partial charge in [-0.15, -0.1) is 10.1 Å². The van der Waals surface area contributed by atoms with Crippen LogP contribution in [0.4, 0.5) is 0 Å². The molecule has 135 heavy (non-hydrogen) atoms. The number of esters is 3. The SMILES string of the molecule is CCOc1nc2cccc(C(=O)OC3CCc4c3no[n+]4[O-])c2n1Cc1ccc(-c2ccccc2-c2noc(=O)[n-]2)cc1.CCOc1nc2cccc(C(=O)OCc3no[n+]([O-])c3C#N)c2n1Cc1ccc(-c2ccccc2-c2noc(=O)[n-]2)cc1.CCOc1nc2cccc(C(=O)OCc3no[n+]([O-])c3CO[N+](=O)[O-])c2n1Cc1ccc(-c2ccccc2-c2noc(=O)[n-]2)cc1.[K+].[K+].[K+]. The topological polar surface area (TPSA) is 567 Å². The summed E-state index contributed by atoms with van der Waals surface area (Å²) in [7, 11) is 0. The minimum atomic E-state index is -1.08. The predicted molar refractivity (Wildman–Crippen MR) is 449 cm³/mol. The van der Waals surface area contributed by atoms with E-state index in [0.29, 0.717) is 129 Å². The Morgan fingerprint density at radius 2 is 0.822 bits per heavy atom. The molecule has 18 aromatic rings. The van der Waals surface area contributed by atoms with Gasteiger partial charge in [0.15, 0.2) is 32.0 Å². The average Bonchev–Trinajstić information content (AvgIpc) is 1.62. The number of carbonyl (C=O) groups is 3. The van der Waals surface area contributed by atoms with E-state index in [1.165, 1.54) is 0 Å². The summed E-state index contributed by atoms with van der Waals surface area (Å²) in [4.78, 5) is 115. The van der Waals surface area contributed by atoms with Crippen LogP contribution in [0.5, 0.6) is 18.0 Å². The fourth-order valence-corrected chi connectivity index (χ4v) is 14.8. The summed E-state index contributed by atoms with van der Waals surface area (Å²) in [6, 6.07) is 63.2. The van der Waals surface area contributed by atoms with Gasteiger partial charge in [-0.2, -0.15) is 20.2 Å². The largest absolute Gasteiger partial charge is 1.00 e. The van der Waals surface area contributed by atoms with Crippen molar-refractivity contribution in [2.24, 2.45) is 0 Å². The van der Waals surface area contributed by atoms with Crippen molar-refractivity contribution in [3.8, 4) is 91.6 Å². The van der Waals surface area contributed by atoms with E-state index in [1.54, 1.807) is 69.8 Å². The molecule has 0 saturated carbocycles. The maximum Gasteiger partial charge on any atom is 1.00 e. The molecule has 1 aliphatic rings. The van der Waals surface area contributed by atoms with Gasteiger partial charge in [-0.05, 0) is 156 Å². The van der Waals surface area contributed by atoms with E-state index in [2.05, 4.69) is 93.1 Å². The number of nitrogens with zero attached hydrogens (tertiary/aromatic N) is 20. The Kier molecular flexibility index (Phi) is 31.8. The minimum absolute atomic E-state index is 0. The van der Waals surface area contributed by atoms with Gasteiger partial charge < -0.3 is 77.4 Å². The smallest absolute Gasteiger partial charge is 0.465 e. The van der Waals surface area contributed by atoms with Gasteiger partial charge in [-0.25, -0.2) is 28.8 Å². The summed E-state index contributed by atoms with van der Waals surface area (Å²) in [6.45, 7) is 5.79. The first-order valence-electron chi connectivity index (χ1n) is 40.2. The summed E-state index contributed by atoms with van der Waals surface area (Å²) in [6.07, 6.45) is 0.177. The van der Waals surface area contributed by atoms with Crippen molar-refractivity contribution in [2.45, 2.75) is 79.2 Å². The quantitative estimate of drug-likeness (QED) is 0.0153. The summed E-state index contributed by atoms with van der Waals surface area (Å²) in [5, 5.41) is 75.7. The van der Waals surface area contributed by atoms with Gasteiger partial charge in [0.1, 0.15) is 0 Å². The number of carbonyl (C=O) groups excluding carboxylic acids is 3. The molecule has 0 saturated heterocycles. The zero-order valence-corrected chi connectivity index (χ0v) is 81.5. The summed E-state index contributed by atoms with van der Waals surface area (Å²) in [5.74, 6) is -3.73. The van der Waals surface area contributed by atoms with Crippen molar-refractivity contribution >= 4 is 51.0 Å². The van der Waals surface area contributed by atoms with E-state index < -0.39 is 71.9 Å². The molecule has 0 N–H and O–H groups in total. The van der Waals surface area contributed by atoms with Crippen LogP contribution in [-0.4, -0.2) is 102 Å². The van der Waals surface area contributed by atoms with E-state index in [9.17, 15) is 54.5 Å². The Bertz CT molecular complexity index is 7590. The number of hydrogen-bond donors (Lipinski definition) is 0. The first-order valence-corrected chi connectivity index (χ1v) is 40.2. The molecule has 0 radical (unpaired) electrons. The van der Waals surface area contributed by atoms with Crippen LogP contribution in [0.2, 0.25) is 0 Å². The number of para-hydroxylation sites is 3. The van der Waals surface area contributed by atoms with Gasteiger partial charge in [0.05, 0.1) is 89.2 Å². The minimum Gasteiger partial charge on any atom is -0.465 e. The van der Waals surface area contributed by atoms with Crippen molar-refractivity contribution in [3.63, 3.8) is 0 Å². The number of benzene rings is 9. The second-order valence-electron chi connectivity index (χ2n) is 28.6. The molecule has 1 unspecified atom stereocenters. The second kappa shape index (κ2) is 44.1. The number of hydrogen-bond acceptors (Lipinski definition) is 34. The Balaban J connectivity index is 0.000000161. The molecular formula is C88H65K3N20O24. The Hall–Kier alpha value is -13.6. The van der Waals surface area contributed by atoms with Crippen molar-refractivity contribution in [1.82, 2.24) is 74.5 Å². The molecule has 44 nitrogen and oxygen atoms in total. The maximum atomic E-state index is 13.5. The molecule has 0 fully saturated rings. The molecule has 0 bridgehead atoms. The van der Waals surface area contributed by atoms with Gasteiger partial charge in [-0.1, -0.05) is 164 Å². The predicted octanol–water partition coefficient (Wildman–Crippen LogP) is 0.383. The van der Waals surface area contributed by atoms with Crippen LogP contribution in [-0.2, 0) is 64.9 Å². The zero-order valence-electron chi connectivity index (χ0n) is 72.2. The van der Waals surface area contributed by atoms with E-state index >= 15 is 0 Å². The summed E-state index contributed by atoms with van der Waals surface area (Å²) >= 11 is 0. The third-order valence-corrected chi connectivity index (χ3v) is 20.7. The van der Waals surface area contributed by atoms with Gasteiger partial charge >= 0.3 is 195 Å². The van der Waals surface area contributed by atoms with E-state index in [4.69, 9.17) is 33.7 Å². The molecule has 0 amide bonds. The average molecular weight is 1900 g/mol. The monoisotopic (exact) mass is 1900 g/mol. The van der Waals surface area contributed by atoms with Gasteiger partial charge in [0.25, 0.3) is 40.2 Å².